The van der Waals surface area contributed by atoms with Crippen LogP contribution in [-0.4, -0.2) is 47.0 Å². The number of rotatable bonds is 3. The van der Waals surface area contributed by atoms with E-state index in [2.05, 4.69) is 18.7 Å². The topological polar surface area (TPSA) is 49.3 Å². The maximum absolute atomic E-state index is 13.2. The lowest BCUT2D eigenvalue weighted by atomic mass is 10.1. The highest BCUT2D eigenvalue weighted by molar-refractivity contribution is 7.19. The summed E-state index contributed by atoms with van der Waals surface area (Å²) in [6.07, 6.45) is 6.02. The van der Waals surface area contributed by atoms with E-state index in [0.29, 0.717) is 18.7 Å². The maximum atomic E-state index is 13.2. The number of hydrogen-bond donors (Lipinski definition) is 0. The van der Waals surface area contributed by atoms with E-state index in [4.69, 9.17) is 9.97 Å². The molecule has 1 amide bonds. The van der Waals surface area contributed by atoms with Crippen LogP contribution in [0.4, 0.5) is 10.2 Å². The van der Waals surface area contributed by atoms with Crippen LogP contribution in [0.15, 0.2) is 24.3 Å². The zero-order valence-electron chi connectivity index (χ0n) is 18.7. The summed E-state index contributed by atoms with van der Waals surface area (Å²) < 4.78 is 13.2. The van der Waals surface area contributed by atoms with Gasteiger partial charge in [-0.3, -0.25) is 4.79 Å². The molecule has 0 N–H and O–H groups in total. The summed E-state index contributed by atoms with van der Waals surface area (Å²) in [4.78, 5) is 29.7. The predicted octanol–water partition coefficient (Wildman–Crippen LogP) is 5.19. The summed E-state index contributed by atoms with van der Waals surface area (Å²) >= 11 is 1.85. The predicted molar refractivity (Wildman–Crippen MR) is 127 cm³/mol. The van der Waals surface area contributed by atoms with Gasteiger partial charge in [0.2, 0.25) is 0 Å². The van der Waals surface area contributed by atoms with Crippen molar-refractivity contribution < 1.29 is 9.18 Å². The molecular weight excluding hydrogens is 423 g/mol. The van der Waals surface area contributed by atoms with Crippen molar-refractivity contribution >= 4 is 33.3 Å². The van der Waals surface area contributed by atoms with Crippen LogP contribution in [0.2, 0.25) is 0 Å². The van der Waals surface area contributed by atoms with Crippen molar-refractivity contribution in [3.8, 4) is 0 Å². The summed E-state index contributed by atoms with van der Waals surface area (Å²) in [5.74, 6) is 1.85. The van der Waals surface area contributed by atoms with Crippen LogP contribution < -0.4 is 4.90 Å². The quantitative estimate of drug-likeness (QED) is 0.514. The lowest BCUT2D eigenvalue weighted by molar-refractivity contribution is 0.0746. The zero-order chi connectivity index (χ0) is 22.2. The largest absolute Gasteiger partial charge is 0.352 e. The van der Waals surface area contributed by atoms with Crippen LogP contribution in [0.5, 0.6) is 0 Å². The van der Waals surface area contributed by atoms with Gasteiger partial charge in [-0.15, -0.1) is 11.3 Å². The van der Waals surface area contributed by atoms with Crippen molar-refractivity contribution in [3.05, 3.63) is 51.9 Å². The number of thiophene rings is 1. The molecule has 1 fully saturated rings. The number of aryl methyl sites for hydroxylation is 2. The Labute approximate surface area is 192 Å². The van der Waals surface area contributed by atoms with Gasteiger partial charge in [0.15, 0.2) is 0 Å². The molecule has 0 spiro atoms. The molecule has 5 rings (SSSR count). The first-order valence-corrected chi connectivity index (χ1v) is 12.4. The van der Waals surface area contributed by atoms with Crippen molar-refractivity contribution in [2.24, 2.45) is 0 Å². The minimum absolute atomic E-state index is 0.0373. The van der Waals surface area contributed by atoms with Crippen molar-refractivity contribution in [1.82, 2.24) is 14.9 Å². The summed E-state index contributed by atoms with van der Waals surface area (Å²) in [6.45, 7) is 7.02. The number of benzene rings is 1. The number of fused-ring (bicyclic) bond motifs is 3. The average molecular weight is 453 g/mol. The first kappa shape index (κ1) is 21.3. The molecule has 0 unspecified atom stereocenters. The molecule has 168 valence electrons. The Kier molecular flexibility index (Phi) is 5.84. The first-order chi connectivity index (χ1) is 15.5. The number of piperazine rings is 1. The van der Waals surface area contributed by atoms with Crippen LogP contribution in [0.1, 0.15) is 65.7 Å². The van der Waals surface area contributed by atoms with E-state index in [-0.39, 0.29) is 17.6 Å². The van der Waals surface area contributed by atoms with Crippen molar-refractivity contribution in [2.75, 3.05) is 31.1 Å². The third kappa shape index (κ3) is 3.98. The highest BCUT2D eigenvalue weighted by Gasteiger charge is 2.28. The fraction of sp³-hybridized carbons (Fsp3) is 0.480. The van der Waals surface area contributed by atoms with Gasteiger partial charge < -0.3 is 9.80 Å². The van der Waals surface area contributed by atoms with Gasteiger partial charge in [-0.05, 0) is 55.5 Å². The molecular formula is C25H29FN4OS. The summed E-state index contributed by atoms with van der Waals surface area (Å²) in [7, 11) is 0. The number of hydrogen-bond acceptors (Lipinski definition) is 5. The van der Waals surface area contributed by atoms with E-state index < -0.39 is 0 Å². The van der Waals surface area contributed by atoms with Crippen LogP contribution in [-0.2, 0) is 12.8 Å². The number of carbonyl (C=O) groups is 1. The highest BCUT2D eigenvalue weighted by atomic mass is 32.1. The van der Waals surface area contributed by atoms with Gasteiger partial charge in [-0.2, -0.15) is 0 Å². The van der Waals surface area contributed by atoms with E-state index in [1.54, 1.807) is 12.1 Å². The van der Waals surface area contributed by atoms with Crippen molar-refractivity contribution in [1.29, 1.82) is 0 Å². The number of aromatic nitrogens is 2. The van der Waals surface area contributed by atoms with E-state index in [1.807, 2.05) is 16.2 Å². The molecule has 0 bridgehead atoms. The van der Waals surface area contributed by atoms with Crippen LogP contribution in [0.25, 0.3) is 10.2 Å². The van der Waals surface area contributed by atoms with Gasteiger partial charge in [-0.25, -0.2) is 14.4 Å². The van der Waals surface area contributed by atoms with E-state index in [0.717, 1.165) is 42.4 Å². The lowest BCUT2D eigenvalue weighted by Gasteiger charge is -2.36. The number of carbonyl (C=O) groups excluding carboxylic acids is 1. The van der Waals surface area contributed by atoms with Gasteiger partial charge in [-0.1, -0.05) is 20.3 Å². The van der Waals surface area contributed by atoms with Crippen molar-refractivity contribution in [2.45, 2.75) is 51.9 Å². The first-order valence-electron chi connectivity index (χ1n) is 11.6. The molecule has 0 atom stereocenters. The van der Waals surface area contributed by atoms with Gasteiger partial charge in [0.25, 0.3) is 5.91 Å². The Morgan fingerprint density at radius 1 is 1.00 bits per heavy atom. The second-order valence-electron chi connectivity index (χ2n) is 9.09. The molecule has 32 heavy (non-hydrogen) atoms. The molecule has 5 nitrogen and oxygen atoms in total. The van der Waals surface area contributed by atoms with Gasteiger partial charge in [0, 0.05) is 42.5 Å². The second kappa shape index (κ2) is 8.77. The molecule has 3 heterocycles. The Morgan fingerprint density at radius 3 is 2.44 bits per heavy atom. The smallest absolute Gasteiger partial charge is 0.253 e. The van der Waals surface area contributed by atoms with Crippen molar-refractivity contribution in [3.63, 3.8) is 0 Å². The normalized spacial score (nSPS) is 17.0. The Hall–Kier alpha value is -2.54. The molecule has 3 aromatic rings. The molecule has 1 aliphatic heterocycles. The molecule has 7 heteroatoms. The Bertz CT molecular complexity index is 1130. The SMILES string of the molecule is CC(C)c1nc(N2CCN(C(=O)c3ccc(F)cc3)CC2)c2c3c(sc2n1)CCCCC3. The standard InChI is InChI=1S/C25H29FN4OS/c1-16(2)22-27-23(21-19-6-4-3-5-7-20(19)32-24(21)28-22)29-12-14-30(15-13-29)25(31)17-8-10-18(26)11-9-17/h8-11,16H,3-7,12-15H2,1-2H3. The number of amides is 1. The fourth-order valence-corrected chi connectivity index (χ4v) is 5.98. The monoisotopic (exact) mass is 452 g/mol. The highest BCUT2D eigenvalue weighted by Crippen LogP contribution is 2.40. The van der Waals surface area contributed by atoms with Gasteiger partial charge in [0.1, 0.15) is 22.3 Å². The molecule has 1 saturated heterocycles. The average Bonchev–Trinajstić information content (AvgIpc) is 2.99. The van der Waals surface area contributed by atoms with E-state index in [9.17, 15) is 9.18 Å². The Balaban J connectivity index is 1.44. The third-order valence-electron chi connectivity index (χ3n) is 6.54. The van der Waals surface area contributed by atoms with Gasteiger partial charge >= 0.3 is 0 Å². The van der Waals surface area contributed by atoms with Gasteiger partial charge in [0.05, 0.1) is 5.39 Å². The zero-order valence-corrected chi connectivity index (χ0v) is 19.6. The van der Waals surface area contributed by atoms with E-state index in [1.165, 1.54) is 47.2 Å². The molecule has 2 aromatic heterocycles. The molecule has 2 aliphatic rings. The lowest BCUT2D eigenvalue weighted by Crippen LogP contribution is -2.49. The number of nitrogens with zero attached hydrogens (tertiary/aromatic N) is 4. The van der Waals surface area contributed by atoms with Crippen LogP contribution in [0, 0.1) is 5.82 Å². The molecule has 1 aromatic carbocycles. The minimum Gasteiger partial charge on any atom is -0.352 e. The van der Waals surface area contributed by atoms with Crippen LogP contribution in [0.3, 0.4) is 0 Å². The number of halogens is 1. The number of anilines is 1. The fourth-order valence-electron chi connectivity index (χ4n) is 4.71. The molecule has 0 saturated carbocycles. The summed E-state index contributed by atoms with van der Waals surface area (Å²) in [6, 6.07) is 5.81. The molecule has 0 radical (unpaired) electrons. The van der Waals surface area contributed by atoms with E-state index >= 15 is 0 Å². The maximum Gasteiger partial charge on any atom is 0.253 e. The summed E-state index contributed by atoms with van der Waals surface area (Å²) in [5, 5.41) is 1.25. The molecule has 1 aliphatic carbocycles. The summed E-state index contributed by atoms with van der Waals surface area (Å²) in [5.41, 5.74) is 1.99. The Morgan fingerprint density at radius 2 is 1.72 bits per heavy atom. The minimum atomic E-state index is -0.324. The van der Waals surface area contributed by atoms with Crippen LogP contribution >= 0.6 is 11.3 Å². The third-order valence-corrected chi connectivity index (χ3v) is 7.72. The second-order valence-corrected chi connectivity index (χ2v) is 10.2.